The van der Waals surface area contributed by atoms with Crippen LogP contribution in [0.5, 0.6) is 0 Å². The van der Waals surface area contributed by atoms with E-state index < -0.39 is 16.0 Å². The zero-order chi connectivity index (χ0) is 21.9. The quantitative estimate of drug-likeness (QED) is 0.607. The molecule has 2 heterocycles. The van der Waals surface area contributed by atoms with E-state index in [4.69, 9.17) is 15.6 Å². The fourth-order valence-corrected chi connectivity index (χ4v) is 4.80. The van der Waals surface area contributed by atoms with E-state index in [1.165, 1.54) is 34.3 Å². The van der Waals surface area contributed by atoms with Crippen LogP contribution in [-0.2, 0) is 14.8 Å². The van der Waals surface area contributed by atoms with Crippen molar-refractivity contribution in [1.82, 2.24) is 13.8 Å². The topological polar surface area (TPSA) is 142 Å². The van der Waals surface area contributed by atoms with Gasteiger partial charge in [-0.15, -0.1) is 0 Å². The molecule has 0 amide bonds. The van der Waals surface area contributed by atoms with Gasteiger partial charge in [0.1, 0.15) is 6.07 Å². The van der Waals surface area contributed by atoms with Crippen LogP contribution >= 0.6 is 0 Å². The molecular formula is C19H23N5O5S. The summed E-state index contributed by atoms with van der Waals surface area (Å²) in [5, 5.41) is 18.2. The third kappa shape index (κ3) is 4.03. The third-order valence-electron chi connectivity index (χ3n) is 5.04. The summed E-state index contributed by atoms with van der Waals surface area (Å²) in [6, 6.07) is 7.91. The van der Waals surface area contributed by atoms with Crippen molar-refractivity contribution in [3.63, 3.8) is 0 Å². The Morgan fingerprint density at radius 1 is 1.23 bits per heavy atom. The SMILES string of the molecule is COC(=O)c1c(N)c(C#N)cn1-c1ccc(S(=O)(=O)N2CCN(CCO)CC2)cc1. The van der Waals surface area contributed by atoms with Crippen LogP contribution in [0.25, 0.3) is 5.69 Å². The number of rotatable bonds is 6. The maximum Gasteiger partial charge on any atom is 0.357 e. The number of nitrogens with two attached hydrogens (primary N) is 1. The Labute approximate surface area is 174 Å². The average Bonchev–Trinajstić information content (AvgIpc) is 3.10. The van der Waals surface area contributed by atoms with Gasteiger partial charge in [0.25, 0.3) is 0 Å². The maximum absolute atomic E-state index is 12.9. The second-order valence-electron chi connectivity index (χ2n) is 6.74. The van der Waals surface area contributed by atoms with E-state index in [9.17, 15) is 18.5 Å². The first kappa shape index (κ1) is 21.8. The number of nitrogens with zero attached hydrogens (tertiary/aromatic N) is 4. The summed E-state index contributed by atoms with van der Waals surface area (Å²) in [4.78, 5) is 14.2. The third-order valence-corrected chi connectivity index (χ3v) is 6.96. The molecule has 1 aliphatic heterocycles. The number of aliphatic hydroxyl groups is 1. The van der Waals surface area contributed by atoms with E-state index in [-0.39, 0.29) is 28.4 Å². The largest absolute Gasteiger partial charge is 0.464 e. The van der Waals surface area contributed by atoms with E-state index in [2.05, 4.69) is 0 Å². The maximum atomic E-state index is 12.9. The van der Waals surface area contributed by atoms with Crippen molar-refractivity contribution >= 4 is 21.7 Å². The van der Waals surface area contributed by atoms with Gasteiger partial charge < -0.3 is 20.1 Å². The Kier molecular flexibility index (Phi) is 6.42. The average molecular weight is 433 g/mol. The summed E-state index contributed by atoms with van der Waals surface area (Å²) in [5.74, 6) is -0.702. The van der Waals surface area contributed by atoms with E-state index in [1.807, 2.05) is 11.0 Å². The molecule has 0 unspecified atom stereocenters. The van der Waals surface area contributed by atoms with Crippen molar-refractivity contribution in [3.05, 3.63) is 41.7 Å². The molecular weight excluding hydrogens is 410 g/mol. The molecule has 0 spiro atoms. The van der Waals surface area contributed by atoms with Gasteiger partial charge >= 0.3 is 5.97 Å². The lowest BCUT2D eigenvalue weighted by atomic mass is 10.2. The highest BCUT2D eigenvalue weighted by atomic mass is 32.2. The molecule has 3 N–H and O–H groups in total. The van der Waals surface area contributed by atoms with Gasteiger partial charge in [-0.2, -0.15) is 9.57 Å². The van der Waals surface area contributed by atoms with Gasteiger partial charge in [0, 0.05) is 44.6 Å². The molecule has 0 aliphatic carbocycles. The van der Waals surface area contributed by atoms with Gasteiger partial charge in [0.2, 0.25) is 10.0 Å². The normalized spacial score (nSPS) is 15.6. The zero-order valence-electron chi connectivity index (χ0n) is 16.5. The van der Waals surface area contributed by atoms with E-state index in [0.29, 0.717) is 38.4 Å². The van der Waals surface area contributed by atoms with Crippen LogP contribution in [-0.4, -0.2) is 79.7 Å². The first-order chi connectivity index (χ1) is 14.3. The smallest absolute Gasteiger partial charge is 0.357 e. The molecule has 3 rings (SSSR count). The first-order valence-corrected chi connectivity index (χ1v) is 10.7. The van der Waals surface area contributed by atoms with Crippen molar-refractivity contribution in [2.24, 2.45) is 0 Å². The minimum atomic E-state index is -3.67. The minimum absolute atomic E-state index is 0.00167. The molecule has 0 atom stereocenters. The molecule has 160 valence electrons. The van der Waals surface area contributed by atoms with Crippen LogP contribution in [0, 0.1) is 11.3 Å². The highest BCUT2D eigenvalue weighted by Gasteiger charge is 2.28. The van der Waals surface area contributed by atoms with Crippen molar-refractivity contribution in [2.45, 2.75) is 4.90 Å². The van der Waals surface area contributed by atoms with Crippen LogP contribution in [0.2, 0.25) is 0 Å². The molecule has 0 radical (unpaired) electrons. The number of carbonyl (C=O) groups excluding carboxylic acids is 1. The number of methoxy groups -OCH3 is 1. The monoisotopic (exact) mass is 433 g/mol. The van der Waals surface area contributed by atoms with Crippen molar-refractivity contribution in [1.29, 1.82) is 5.26 Å². The second-order valence-corrected chi connectivity index (χ2v) is 8.68. The number of sulfonamides is 1. The highest BCUT2D eigenvalue weighted by Crippen LogP contribution is 2.26. The molecule has 10 nitrogen and oxygen atoms in total. The van der Waals surface area contributed by atoms with Crippen LogP contribution < -0.4 is 5.73 Å². The fraction of sp³-hybridized carbons (Fsp3) is 0.368. The number of benzene rings is 1. The Hall–Kier alpha value is -2.91. The summed E-state index contributed by atoms with van der Waals surface area (Å²) in [5.41, 5.74) is 6.48. The molecule has 11 heteroatoms. The number of nitriles is 1. The summed E-state index contributed by atoms with van der Waals surface area (Å²) in [6.07, 6.45) is 1.41. The predicted molar refractivity (Wildman–Crippen MR) is 109 cm³/mol. The van der Waals surface area contributed by atoms with Crippen LogP contribution in [0.4, 0.5) is 5.69 Å². The van der Waals surface area contributed by atoms with Gasteiger partial charge in [-0.25, -0.2) is 13.2 Å². The molecule has 30 heavy (non-hydrogen) atoms. The first-order valence-electron chi connectivity index (χ1n) is 9.26. The van der Waals surface area contributed by atoms with Crippen molar-refractivity contribution < 1.29 is 23.1 Å². The second kappa shape index (κ2) is 8.85. The number of ether oxygens (including phenoxy) is 1. The lowest BCUT2D eigenvalue weighted by Gasteiger charge is -2.33. The number of nitrogen functional groups attached to an aromatic ring is 1. The van der Waals surface area contributed by atoms with E-state index in [0.717, 1.165) is 0 Å². The Morgan fingerprint density at radius 2 is 1.87 bits per heavy atom. The minimum Gasteiger partial charge on any atom is -0.464 e. The van der Waals surface area contributed by atoms with Crippen molar-refractivity contribution in [2.75, 3.05) is 52.2 Å². The standard InChI is InChI=1S/C19H23N5O5S/c1-29-19(26)18-17(21)14(12-20)13-24(18)15-2-4-16(5-3-15)30(27,28)23-8-6-22(7-9-23)10-11-25/h2-5,13,25H,6-11,21H2,1H3. The van der Waals surface area contributed by atoms with Crippen LogP contribution in [0.1, 0.15) is 16.1 Å². The molecule has 1 saturated heterocycles. The number of aromatic nitrogens is 1. The molecule has 0 saturated carbocycles. The molecule has 1 fully saturated rings. The lowest BCUT2D eigenvalue weighted by molar-refractivity contribution is 0.0593. The summed E-state index contributed by atoms with van der Waals surface area (Å²) in [7, 11) is -2.46. The van der Waals surface area contributed by atoms with Gasteiger partial charge in [-0.05, 0) is 24.3 Å². The Morgan fingerprint density at radius 3 is 2.40 bits per heavy atom. The summed E-state index contributed by atoms with van der Waals surface area (Å²) in [6.45, 7) is 2.36. The van der Waals surface area contributed by atoms with Gasteiger partial charge in [-0.3, -0.25) is 4.90 Å². The van der Waals surface area contributed by atoms with E-state index in [1.54, 1.807) is 12.1 Å². The Balaban J connectivity index is 1.87. The van der Waals surface area contributed by atoms with Crippen molar-refractivity contribution in [3.8, 4) is 11.8 Å². The number of carbonyl (C=O) groups is 1. The number of esters is 1. The molecule has 1 aromatic carbocycles. The summed E-state index contributed by atoms with van der Waals surface area (Å²) >= 11 is 0. The molecule has 2 aromatic rings. The predicted octanol–water partition coefficient (Wildman–Crippen LogP) is 0.0164. The molecule has 0 bridgehead atoms. The number of piperazine rings is 1. The fourth-order valence-electron chi connectivity index (χ4n) is 3.38. The van der Waals surface area contributed by atoms with Gasteiger partial charge in [0.15, 0.2) is 5.69 Å². The lowest BCUT2D eigenvalue weighted by Crippen LogP contribution is -2.49. The number of aliphatic hydroxyl groups excluding tert-OH is 1. The molecule has 1 aliphatic rings. The Bertz CT molecular complexity index is 1060. The number of β-amino-alcohol motifs (C(OH)–C–C–N with tert-alkyl or cyclic N) is 1. The van der Waals surface area contributed by atoms with Crippen LogP contribution in [0.15, 0.2) is 35.4 Å². The number of hydrogen-bond donors (Lipinski definition) is 2. The van der Waals surface area contributed by atoms with Gasteiger partial charge in [0.05, 0.1) is 29.9 Å². The van der Waals surface area contributed by atoms with Crippen LogP contribution in [0.3, 0.4) is 0 Å². The highest BCUT2D eigenvalue weighted by molar-refractivity contribution is 7.89. The summed E-state index contributed by atoms with van der Waals surface area (Å²) < 4.78 is 33.4. The molecule has 1 aromatic heterocycles. The van der Waals surface area contributed by atoms with E-state index >= 15 is 0 Å². The number of anilines is 1. The number of hydrogen-bond acceptors (Lipinski definition) is 8. The van der Waals surface area contributed by atoms with Gasteiger partial charge in [-0.1, -0.05) is 0 Å². The zero-order valence-corrected chi connectivity index (χ0v) is 17.3.